The highest BCUT2D eigenvalue weighted by Gasteiger charge is 2.44. The third kappa shape index (κ3) is 7.30. The molecule has 0 spiro atoms. The molecule has 39 heavy (non-hydrogen) atoms. The Labute approximate surface area is 234 Å². The maximum atomic E-state index is 13.7. The first-order chi connectivity index (χ1) is 18.5. The molecule has 8 nitrogen and oxygen atoms in total. The van der Waals surface area contributed by atoms with Crippen LogP contribution >= 0.6 is 11.3 Å². The zero-order chi connectivity index (χ0) is 28.2. The Morgan fingerprint density at radius 1 is 1.10 bits per heavy atom. The number of benzene rings is 2. The minimum absolute atomic E-state index is 0.0723. The molecule has 4 atom stereocenters. The van der Waals surface area contributed by atoms with Gasteiger partial charge in [-0.25, -0.2) is 4.98 Å². The number of nitrogens with one attached hydrogen (secondary N) is 2. The standard InChI is InChI=1S/C30H38N4O4S/c1-19-26(39-18-32-19)22-12-10-21(11-13-22)16-31-28(37)24-15-23(35)17-34(24)29(38)27(30(2,3)4)33-25(36)14-20-8-6-5-7-9-20/h5-13,18,23-25,27,33,35-36H,14-17H2,1-4H3,(H,31,37)/t23-,24+,25?,27-/m1/s1. The largest absolute Gasteiger partial charge is 0.391 e. The van der Waals surface area contributed by atoms with E-state index in [2.05, 4.69) is 15.6 Å². The summed E-state index contributed by atoms with van der Waals surface area (Å²) in [6, 6.07) is 16.0. The third-order valence-electron chi connectivity index (χ3n) is 7.04. The van der Waals surface area contributed by atoms with E-state index in [-0.39, 0.29) is 24.8 Å². The van der Waals surface area contributed by atoms with E-state index in [1.54, 1.807) is 11.3 Å². The summed E-state index contributed by atoms with van der Waals surface area (Å²) < 4.78 is 0. The summed E-state index contributed by atoms with van der Waals surface area (Å²) >= 11 is 1.59. The zero-order valence-corrected chi connectivity index (χ0v) is 23.7. The van der Waals surface area contributed by atoms with Crippen LogP contribution in [0.5, 0.6) is 0 Å². The minimum Gasteiger partial charge on any atom is -0.391 e. The van der Waals surface area contributed by atoms with Gasteiger partial charge in [-0.15, -0.1) is 11.3 Å². The number of nitrogens with zero attached hydrogens (tertiary/aromatic N) is 2. The topological polar surface area (TPSA) is 115 Å². The van der Waals surface area contributed by atoms with E-state index in [9.17, 15) is 19.8 Å². The van der Waals surface area contributed by atoms with E-state index < -0.39 is 29.8 Å². The Kier molecular flexibility index (Phi) is 9.17. The monoisotopic (exact) mass is 550 g/mol. The lowest BCUT2D eigenvalue weighted by molar-refractivity contribution is -0.143. The molecule has 3 aromatic rings. The summed E-state index contributed by atoms with van der Waals surface area (Å²) in [6.07, 6.45) is -1.22. The molecule has 0 bridgehead atoms. The molecule has 0 aliphatic carbocycles. The van der Waals surface area contributed by atoms with Crippen molar-refractivity contribution in [1.82, 2.24) is 20.5 Å². The molecular weight excluding hydrogens is 512 g/mol. The van der Waals surface area contributed by atoms with Crippen LogP contribution in [0.2, 0.25) is 0 Å². The molecule has 2 aromatic carbocycles. The molecule has 1 aromatic heterocycles. The fourth-order valence-corrected chi connectivity index (χ4v) is 5.72. The van der Waals surface area contributed by atoms with E-state index in [1.165, 1.54) is 4.90 Å². The van der Waals surface area contributed by atoms with Crippen molar-refractivity contribution in [2.75, 3.05) is 6.54 Å². The maximum Gasteiger partial charge on any atom is 0.243 e. The minimum atomic E-state index is -0.947. The van der Waals surface area contributed by atoms with Crippen molar-refractivity contribution in [1.29, 1.82) is 0 Å². The fourth-order valence-electron chi connectivity index (χ4n) is 4.91. The predicted molar refractivity (Wildman–Crippen MR) is 153 cm³/mol. The van der Waals surface area contributed by atoms with Gasteiger partial charge in [0, 0.05) is 25.9 Å². The fraction of sp³-hybridized carbons (Fsp3) is 0.433. The Hall–Kier alpha value is -3.11. The number of rotatable bonds is 9. The van der Waals surface area contributed by atoms with Crippen LogP contribution in [-0.4, -0.2) is 62.9 Å². The number of likely N-dealkylation sites (tertiary alicyclic amines) is 1. The van der Waals surface area contributed by atoms with E-state index >= 15 is 0 Å². The van der Waals surface area contributed by atoms with E-state index in [0.29, 0.717) is 13.0 Å². The summed E-state index contributed by atoms with van der Waals surface area (Å²) in [5, 5.41) is 27.2. The van der Waals surface area contributed by atoms with Gasteiger partial charge in [0.25, 0.3) is 0 Å². The molecule has 2 heterocycles. The molecule has 1 aliphatic heterocycles. The van der Waals surface area contributed by atoms with Crippen LogP contribution in [0.25, 0.3) is 10.4 Å². The van der Waals surface area contributed by atoms with Crippen LogP contribution in [0.15, 0.2) is 60.1 Å². The zero-order valence-electron chi connectivity index (χ0n) is 22.9. The smallest absolute Gasteiger partial charge is 0.243 e. The Morgan fingerprint density at radius 2 is 1.79 bits per heavy atom. The Balaban J connectivity index is 1.40. The summed E-state index contributed by atoms with van der Waals surface area (Å²) in [7, 11) is 0. The maximum absolute atomic E-state index is 13.7. The lowest BCUT2D eigenvalue weighted by atomic mass is 9.85. The lowest BCUT2D eigenvalue weighted by Gasteiger charge is -2.36. The molecule has 1 aliphatic rings. The summed E-state index contributed by atoms with van der Waals surface area (Å²) in [5.74, 6) is -0.615. The highest BCUT2D eigenvalue weighted by atomic mass is 32.1. The molecule has 4 rings (SSSR count). The van der Waals surface area contributed by atoms with E-state index in [0.717, 1.165) is 27.3 Å². The average Bonchev–Trinajstić information content (AvgIpc) is 3.51. The second kappa shape index (κ2) is 12.4. The highest BCUT2D eigenvalue weighted by molar-refractivity contribution is 7.13. The van der Waals surface area contributed by atoms with Gasteiger partial charge in [0.2, 0.25) is 11.8 Å². The Bertz CT molecular complexity index is 1260. The summed E-state index contributed by atoms with van der Waals surface area (Å²) in [5.41, 5.74) is 5.23. The van der Waals surface area contributed by atoms with Gasteiger partial charge in [0.1, 0.15) is 12.3 Å². The van der Waals surface area contributed by atoms with Gasteiger partial charge in [-0.2, -0.15) is 0 Å². The van der Waals surface area contributed by atoms with Crippen molar-refractivity contribution in [3.63, 3.8) is 0 Å². The number of thiazole rings is 1. The van der Waals surface area contributed by atoms with Gasteiger partial charge < -0.3 is 20.4 Å². The SMILES string of the molecule is Cc1ncsc1-c1ccc(CNC(=O)[C@@H]2C[C@@H](O)CN2C(=O)[C@@H](NC(O)Cc2ccccc2)C(C)(C)C)cc1. The molecule has 1 unspecified atom stereocenters. The van der Waals surface area contributed by atoms with Crippen LogP contribution in [0.4, 0.5) is 0 Å². The number of aliphatic hydroxyl groups is 2. The van der Waals surface area contributed by atoms with Gasteiger partial charge in [-0.05, 0) is 29.0 Å². The third-order valence-corrected chi connectivity index (χ3v) is 8.01. The number of carbonyl (C=O) groups is 2. The number of aliphatic hydroxyl groups excluding tert-OH is 2. The first-order valence-electron chi connectivity index (χ1n) is 13.3. The number of aromatic nitrogens is 1. The molecule has 208 valence electrons. The van der Waals surface area contributed by atoms with Gasteiger partial charge in [-0.3, -0.25) is 14.9 Å². The number of hydrogen-bond donors (Lipinski definition) is 4. The average molecular weight is 551 g/mol. The number of hydrogen-bond acceptors (Lipinski definition) is 7. The molecule has 0 radical (unpaired) electrons. The van der Waals surface area contributed by atoms with Crippen molar-refractivity contribution in [3.05, 3.63) is 76.9 Å². The van der Waals surface area contributed by atoms with Gasteiger partial charge in [0.05, 0.1) is 28.2 Å². The first kappa shape index (κ1) is 28.9. The van der Waals surface area contributed by atoms with Gasteiger partial charge >= 0.3 is 0 Å². The van der Waals surface area contributed by atoms with Crippen molar-refractivity contribution in [3.8, 4) is 10.4 Å². The van der Waals surface area contributed by atoms with Crippen molar-refractivity contribution in [2.45, 2.75) is 71.5 Å². The van der Waals surface area contributed by atoms with E-state index in [1.807, 2.05) is 87.8 Å². The van der Waals surface area contributed by atoms with E-state index in [4.69, 9.17) is 0 Å². The molecule has 9 heteroatoms. The molecule has 2 amide bonds. The second-order valence-corrected chi connectivity index (χ2v) is 12.1. The molecule has 0 saturated carbocycles. The van der Waals surface area contributed by atoms with Crippen LogP contribution in [0.1, 0.15) is 44.0 Å². The highest BCUT2D eigenvalue weighted by Crippen LogP contribution is 2.28. The first-order valence-corrected chi connectivity index (χ1v) is 14.1. The number of amides is 2. The van der Waals surface area contributed by atoms with Crippen molar-refractivity contribution < 1.29 is 19.8 Å². The van der Waals surface area contributed by atoms with Crippen LogP contribution < -0.4 is 10.6 Å². The number of aryl methyl sites for hydroxylation is 1. The van der Waals surface area contributed by atoms with Gasteiger partial charge in [-0.1, -0.05) is 75.4 Å². The molecule has 1 fully saturated rings. The van der Waals surface area contributed by atoms with Crippen LogP contribution in [0.3, 0.4) is 0 Å². The Morgan fingerprint density at radius 3 is 2.41 bits per heavy atom. The summed E-state index contributed by atoms with van der Waals surface area (Å²) in [6.45, 7) is 8.10. The van der Waals surface area contributed by atoms with Crippen LogP contribution in [0, 0.1) is 12.3 Å². The normalized spacial score (nSPS) is 19.1. The predicted octanol–water partition coefficient (Wildman–Crippen LogP) is 3.26. The quantitative estimate of drug-likeness (QED) is 0.304. The summed E-state index contributed by atoms with van der Waals surface area (Å²) in [4.78, 5) is 33.8. The number of carbonyl (C=O) groups excluding carboxylic acids is 2. The van der Waals surface area contributed by atoms with Crippen LogP contribution in [-0.2, 0) is 22.6 Å². The molecular formula is C30H38N4O4S. The second-order valence-electron chi connectivity index (χ2n) is 11.2. The van der Waals surface area contributed by atoms with Crippen molar-refractivity contribution >= 4 is 23.2 Å². The molecule has 4 N–H and O–H groups in total. The van der Waals surface area contributed by atoms with Crippen molar-refractivity contribution in [2.24, 2.45) is 5.41 Å². The molecule has 1 saturated heterocycles. The lowest BCUT2D eigenvalue weighted by Crippen LogP contribution is -2.58. The number of β-amino-alcohol motifs (C(OH)–C–C–N with tert-alkyl or cyclic N) is 1. The van der Waals surface area contributed by atoms with Gasteiger partial charge in [0.15, 0.2) is 0 Å².